The number of ether oxygens (including phenoxy) is 1. The molecule has 0 amide bonds. The molecule has 3 nitrogen and oxygen atoms in total. The number of rotatable bonds is 6. The summed E-state index contributed by atoms with van der Waals surface area (Å²) in [6.45, 7) is 2.90. The highest BCUT2D eigenvalue weighted by atomic mass is 35.5. The van der Waals surface area contributed by atoms with E-state index in [9.17, 15) is 5.11 Å². The van der Waals surface area contributed by atoms with E-state index in [1.165, 1.54) is 0 Å². The van der Waals surface area contributed by atoms with Crippen LogP contribution in [0.2, 0.25) is 5.02 Å². The van der Waals surface area contributed by atoms with Crippen molar-refractivity contribution in [3.05, 3.63) is 34.9 Å². The average molecular weight is 244 g/mol. The lowest BCUT2D eigenvalue weighted by Gasteiger charge is -2.17. The summed E-state index contributed by atoms with van der Waals surface area (Å²) in [7, 11) is 1.58. The lowest BCUT2D eigenvalue weighted by atomic mass is 10.1. The third kappa shape index (κ3) is 4.49. The molecule has 0 bridgehead atoms. The summed E-state index contributed by atoms with van der Waals surface area (Å²) in [5.74, 6) is 0. The van der Waals surface area contributed by atoms with Gasteiger partial charge in [-0.15, -0.1) is 0 Å². The fraction of sp³-hybridized carbons (Fsp3) is 0.500. The van der Waals surface area contributed by atoms with Gasteiger partial charge in [0, 0.05) is 24.7 Å². The summed E-state index contributed by atoms with van der Waals surface area (Å²) < 4.78 is 4.85. The van der Waals surface area contributed by atoms with Crippen LogP contribution in [0.4, 0.5) is 0 Å². The van der Waals surface area contributed by atoms with Crippen LogP contribution in [0.15, 0.2) is 24.3 Å². The molecule has 0 fully saturated rings. The number of hydrogen-bond acceptors (Lipinski definition) is 3. The predicted octanol–water partition coefficient (Wildman–Crippen LogP) is 2.00. The summed E-state index contributed by atoms with van der Waals surface area (Å²) in [6, 6.07) is 7.86. The van der Waals surface area contributed by atoms with Crippen LogP contribution in [-0.4, -0.2) is 31.5 Å². The first-order valence-corrected chi connectivity index (χ1v) is 5.67. The first-order valence-electron chi connectivity index (χ1n) is 5.29. The summed E-state index contributed by atoms with van der Waals surface area (Å²) in [4.78, 5) is 0. The van der Waals surface area contributed by atoms with E-state index in [0.29, 0.717) is 13.2 Å². The molecule has 0 saturated carbocycles. The Bertz CT molecular complexity index is 302. The molecule has 2 N–H and O–H groups in total. The van der Waals surface area contributed by atoms with E-state index in [2.05, 4.69) is 5.32 Å². The second-order valence-electron chi connectivity index (χ2n) is 3.79. The highest BCUT2D eigenvalue weighted by Crippen LogP contribution is 2.15. The number of aliphatic hydroxyl groups is 1. The zero-order valence-electron chi connectivity index (χ0n) is 9.61. The summed E-state index contributed by atoms with van der Waals surface area (Å²) >= 11 is 5.81. The quantitative estimate of drug-likeness (QED) is 0.803. The first kappa shape index (κ1) is 13.5. The van der Waals surface area contributed by atoms with Crippen molar-refractivity contribution in [2.24, 2.45) is 0 Å². The summed E-state index contributed by atoms with van der Waals surface area (Å²) in [5, 5.41) is 13.4. The van der Waals surface area contributed by atoms with Crippen molar-refractivity contribution in [3.8, 4) is 0 Å². The van der Waals surface area contributed by atoms with Gasteiger partial charge in [0.2, 0.25) is 0 Å². The van der Waals surface area contributed by atoms with Gasteiger partial charge in [0.15, 0.2) is 0 Å². The Hall–Kier alpha value is -0.610. The van der Waals surface area contributed by atoms with Gasteiger partial charge in [0.05, 0.1) is 12.7 Å². The highest BCUT2D eigenvalue weighted by Gasteiger charge is 2.08. The topological polar surface area (TPSA) is 41.5 Å². The maximum atomic E-state index is 9.48. The van der Waals surface area contributed by atoms with Crippen LogP contribution >= 0.6 is 11.6 Å². The number of methoxy groups -OCH3 is 1. The van der Waals surface area contributed by atoms with Gasteiger partial charge in [-0.3, -0.25) is 0 Å². The van der Waals surface area contributed by atoms with Crippen molar-refractivity contribution in [3.63, 3.8) is 0 Å². The minimum atomic E-state index is -0.472. The molecule has 0 aromatic heterocycles. The lowest BCUT2D eigenvalue weighted by molar-refractivity contribution is 0.0630. The maximum Gasteiger partial charge on any atom is 0.0897 e. The molecule has 4 heteroatoms. The van der Waals surface area contributed by atoms with Crippen LogP contribution in [0.5, 0.6) is 0 Å². The average Bonchev–Trinajstić information content (AvgIpc) is 2.27. The van der Waals surface area contributed by atoms with Crippen LogP contribution < -0.4 is 5.32 Å². The van der Waals surface area contributed by atoms with Crippen molar-refractivity contribution in [1.82, 2.24) is 5.32 Å². The molecule has 0 radical (unpaired) electrons. The van der Waals surface area contributed by atoms with Crippen LogP contribution in [0.1, 0.15) is 18.5 Å². The molecule has 0 aliphatic carbocycles. The number of aliphatic hydroxyl groups excluding tert-OH is 1. The van der Waals surface area contributed by atoms with Gasteiger partial charge in [0.1, 0.15) is 0 Å². The van der Waals surface area contributed by atoms with Gasteiger partial charge in [-0.2, -0.15) is 0 Å². The van der Waals surface area contributed by atoms with E-state index in [-0.39, 0.29) is 6.04 Å². The smallest absolute Gasteiger partial charge is 0.0897 e. The third-order valence-corrected chi connectivity index (χ3v) is 2.64. The van der Waals surface area contributed by atoms with E-state index in [0.717, 1.165) is 10.6 Å². The van der Waals surface area contributed by atoms with E-state index in [1.807, 2.05) is 31.2 Å². The van der Waals surface area contributed by atoms with Crippen molar-refractivity contribution in [2.45, 2.75) is 19.1 Å². The lowest BCUT2D eigenvalue weighted by Crippen LogP contribution is -2.31. The number of halogens is 1. The van der Waals surface area contributed by atoms with Crippen LogP contribution in [0.3, 0.4) is 0 Å². The zero-order chi connectivity index (χ0) is 12.0. The minimum Gasteiger partial charge on any atom is -0.389 e. The number of hydrogen-bond donors (Lipinski definition) is 2. The molecule has 0 aliphatic rings. The van der Waals surface area contributed by atoms with E-state index < -0.39 is 6.10 Å². The third-order valence-electron chi connectivity index (χ3n) is 2.39. The van der Waals surface area contributed by atoms with Gasteiger partial charge >= 0.3 is 0 Å². The first-order chi connectivity index (χ1) is 7.63. The van der Waals surface area contributed by atoms with Gasteiger partial charge in [-0.05, 0) is 24.6 Å². The Balaban J connectivity index is 2.40. The summed E-state index contributed by atoms with van der Waals surface area (Å²) in [6.07, 6.45) is -0.472. The molecule has 1 aromatic carbocycles. The zero-order valence-corrected chi connectivity index (χ0v) is 10.4. The van der Waals surface area contributed by atoms with E-state index in [1.54, 1.807) is 7.11 Å². The SMILES string of the molecule is COCC(O)CN[C@@H](C)c1ccc(Cl)cc1. The Labute approximate surface area is 101 Å². The Kier molecular flexibility index (Phi) is 5.77. The Morgan fingerprint density at radius 3 is 2.56 bits per heavy atom. The molecular formula is C12H18ClNO2. The van der Waals surface area contributed by atoms with Crippen molar-refractivity contribution >= 4 is 11.6 Å². The number of benzene rings is 1. The van der Waals surface area contributed by atoms with Gasteiger partial charge in [0.25, 0.3) is 0 Å². The summed E-state index contributed by atoms with van der Waals surface area (Å²) in [5.41, 5.74) is 1.15. The normalized spacial score (nSPS) is 14.8. The van der Waals surface area contributed by atoms with Crippen LogP contribution in [0.25, 0.3) is 0 Å². The molecule has 16 heavy (non-hydrogen) atoms. The molecule has 0 heterocycles. The minimum absolute atomic E-state index is 0.184. The Morgan fingerprint density at radius 1 is 1.38 bits per heavy atom. The fourth-order valence-corrected chi connectivity index (χ4v) is 1.56. The van der Waals surface area contributed by atoms with Gasteiger partial charge in [-0.25, -0.2) is 0 Å². The second kappa shape index (κ2) is 6.86. The largest absolute Gasteiger partial charge is 0.389 e. The molecule has 1 unspecified atom stereocenters. The molecular weight excluding hydrogens is 226 g/mol. The van der Waals surface area contributed by atoms with Crippen molar-refractivity contribution in [2.75, 3.05) is 20.3 Å². The van der Waals surface area contributed by atoms with Crippen LogP contribution in [0, 0.1) is 0 Å². The second-order valence-corrected chi connectivity index (χ2v) is 4.23. The molecule has 0 saturated heterocycles. The maximum absolute atomic E-state index is 9.48. The van der Waals surface area contributed by atoms with E-state index in [4.69, 9.17) is 16.3 Å². The molecule has 90 valence electrons. The molecule has 1 aromatic rings. The van der Waals surface area contributed by atoms with Gasteiger partial charge < -0.3 is 15.2 Å². The molecule has 0 spiro atoms. The highest BCUT2D eigenvalue weighted by molar-refractivity contribution is 6.30. The van der Waals surface area contributed by atoms with E-state index >= 15 is 0 Å². The van der Waals surface area contributed by atoms with Crippen LogP contribution in [-0.2, 0) is 4.74 Å². The number of nitrogens with one attached hydrogen (secondary N) is 1. The standard InChI is InChI=1S/C12H18ClNO2/c1-9(14-7-12(15)8-16-2)10-3-5-11(13)6-4-10/h3-6,9,12,14-15H,7-8H2,1-2H3/t9-,12?/m0/s1. The molecule has 1 rings (SSSR count). The van der Waals surface area contributed by atoms with Crippen molar-refractivity contribution < 1.29 is 9.84 Å². The monoisotopic (exact) mass is 243 g/mol. The van der Waals surface area contributed by atoms with Gasteiger partial charge in [-0.1, -0.05) is 23.7 Å². The fourth-order valence-electron chi connectivity index (χ4n) is 1.43. The molecule has 0 aliphatic heterocycles. The molecule has 2 atom stereocenters. The predicted molar refractivity (Wildman–Crippen MR) is 65.8 cm³/mol. The van der Waals surface area contributed by atoms with Crippen molar-refractivity contribution in [1.29, 1.82) is 0 Å². The Morgan fingerprint density at radius 2 is 2.00 bits per heavy atom.